The SMILES string of the molecule is O=C(O)C1CCCN1C(c1ccc2cnccc2c1)c1cc2ccccc2s1. The normalized spacial score (nSPS) is 18.6. The largest absolute Gasteiger partial charge is 0.480 e. The van der Waals surface area contributed by atoms with Crippen molar-refractivity contribution < 1.29 is 9.90 Å². The highest BCUT2D eigenvalue weighted by Crippen LogP contribution is 2.40. The van der Waals surface area contributed by atoms with Crippen LogP contribution in [0.15, 0.2) is 67.0 Å². The van der Waals surface area contributed by atoms with Gasteiger partial charge in [0.2, 0.25) is 0 Å². The number of carboxylic acids is 1. The van der Waals surface area contributed by atoms with E-state index in [2.05, 4.69) is 52.3 Å². The van der Waals surface area contributed by atoms with E-state index in [-0.39, 0.29) is 6.04 Å². The lowest BCUT2D eigenvalue weighted by Crippen LogP contribution is -2.39. The Balaban J connectivity index is 1.67. The number of rotatable bonds is 4. The van der Waals surface area contributed by atoms with Crippen molar-refractivity contribution in [1.82, 2.24) is 9.88 Å². The van der Waals surface area contributed by atoms with Crippen molar-refractivity contribution >= 4 is 38.2 Å². The first-order valence-electron chi connectivity index (χ1n) is 9.51. The molecular weight excluding hydrogens is 368 g/mol. The van der Waals surface area contributed by atoms with Crippen LogP contribution in [-0.4, -0.2) is 33.5 Å². The van der Waals surface area contributed by atoms with Crippen molar-refractivity contribution in [2.75, 3.05) is 6.54 Å². The highest BCUT2D eigenvalue weighted by Gasteiger charge is 2.37. The van der Waals surface area contributed by atoms with Crippen molar-refractivity contribution in [3.63, 3.8) is 0 Å². The fraction of sp³-hybridized carbons (Fsp3) is 0.217. The predicted molar refractivity (Wildman–Crippen MR) is 113 cm³/mol. The molecule has 2 unspecified atom stereocenters. The smallest absolute Gasteiger partial charge is 0.320 e. The maximum Gasteiger partial charge on any atom is 0.320 e. The average Bonchev–Trinajstić information content (AvgIpc) is 3.35. The lowest BCUT2D eigenvalue weighted by Gasteiger charge is -2.31. The van der Waals surface area contributed by atoms with Crippen LogP contribution in [0.5, 0.6) is 0 Å². The molecule has 4 aromatic rings. The third-order valence-corrected chi connectivity index (χ3v) is 6.77. The van der Waals surface area contributed by atoms with Crippen molar-refractivity contribution in [2.24, 2.45) is 0 Å². The summed E-state index contributed by atoms with van der Waals surface area (Å²) in [4.78, 5) is 19.5. The maximum atomic E-state index is 11.9. The van der Waals surface area contributed by atoms with Gasteiger partial charge in [-0.2, -0.15) is 0 Å². The molecule has 2 atom stereocenters. The molecule has 4 nitrogen and oxygen atoms in total. The number of carboxylic acid groups (broad SMARTS) is 1. The highest BCUT2D eigenvalue weighted by atomic mass is 32.1. The number of pyridine rings is 1. The van der Waals surface area contributed by atoms with Gasteiger partial charge >= 0.3 is 5.97 Å². The van der Waals surface area contributed by atoms with Crippen molar-refractivity contribution in [2.45, 2.75) is 24.9 Å². The van der Waals surface area contributed by atoms with Crippen LogP contribution >= 0.6 is 11.3 Å². The van der Waals surface area contributed by atoms with Gasteiger partial charge in [-0.1, -0.05) is 30.3 Å². The summed E-state index contributed by atoms with van der Waals surface area (Å²) in [5.41, 5.74) is 1.14. The van der Waals surface area contributed by atoms with E-state index in [1.165, 1.54) is 15.0 Å². The second-order valence-corrected chi connectivity index (χ2v) is 8.42. The van der Waals surface area contributed by atoms with Crippen molar-refractivity contribution in [1.29, 1.82) is 0 Å². The second kappa shape index (κ2) is 7.00. The van der Waals surface area contributed by atoms with E-state index < -0.39 is 12.0 Å². The molecule has 2 aromatic heterocycles. The molecule has 3 heterocycles. The molecule has 0 aliphatic carbocycles. The molecule has 0 bridgehead atoms. The third-order valence-electron chi connectivity index (χ3n) is 5.61. The predicted octanol–water partition coefficient (Wildman–Crippen LogP) is 5.09. The van der Waals surface area contributed by atoms with E-state index in [0.717, 1.165) is 29.3 Å². The van der Waals surface area contributed by atoms with E-state index in [9.17, 15) is 9.90 Å². The first-order chi connectivity index (χ1) is 13.7. The molecule has 1 aliphatic heterocycles. The summed E-state index contributed by atoms with van der Waals surface area (Å²) in [5, 5.41) is 13.2. The molecule has 2 aromatic carbocycles. The van der Waals surface area contributed by atoms with Crippen LogP contribution in [0.2, 0.25) is 0 Å². The van der Waals surface area contributed by atoms with Crippen LogP contribution in [0.4, 0.5) is 0 Å². The zero-order chi connectivity index (χ0) is 19.1. The molecule has 0 spiro atoms. The van der Waals surface area contributed by atoms with E-state index >= 15 is 0 Å². The molecule has 1 N–H and O–H groups in total. The van der Waals surface area contributed by atoms with Crippen LogP contribution in [0.1, 0.15) is 29.3 Å². The Morgan fingerprint density at radius 1 is 1.11 bits per heavy atom. The minimum atomic E-state index is -0.728. The van der Waals surface area contributed by atoms with Gasteiger partial charge in [-0.15, -0.1) is 11.3 Å². The first kappa shape index (κ1) is 17.3. The summed E-state index contributed by atoms with van der Waals surface area (Å²) in [5.74, 6) is -0.728. The van der Waals surface area contributed by atoms with Crippen molar-refractivity contribution in [3.05, 3.63) is 77.4 Å². The minimum absolute atomic E-state index is 0.0569. The van der Waals surface area contributed by atoms with Gasteiger partial charge in [-0.05, 0) is 53.4 Å². The van der Waals surface area contributed by atoms with Crippen LogP contribution in [0.25, 0.3) is 20.9 Å². The Morgan fingerprint density at radius 3 is 2.86 bits per heavy atom. The molecule has 0 saturated carbocycles. The molecule has 5 rings (SSSR count). The average molecular weight is 388 g/mol. The highest BCUT2D eigenvalue weighted by molar-refractivity contribution is 7.19. The maximum absolute atomic E-state index is 11.9. The topological polar surface area (TPSA) is 53.4 Å². The molecular formula is C23H20N2O2S. The number of benzene rings is 2. The molecule has 5 heteroatoms. The van der Waals surface area contributed by atoms with Gasteiger partial charge in [0.1, 0.15) is 6.04 Å². The quantitative estimate of drug-likeness (QED) is 0.529. The van der Waals surface area contributed by atoms with E-state index in [1.54, 1.807) is 17.5 Å². The molecule has 1 saturated heterocycles. The molecule has 0 amide bonds. The van der Waals surface area contributed by atoms with Crippen LogP contribution in [-0.2, 0) is 4.79 Å². The van der Waals surface area contributed by atoms with Gasteiger partial charge in [0.15, 0.2) is 0 Å². The van der Waals surface area contributed by atoms with Gasteiger partial charge in [-0.3, -0.25) is 14.7 Å². The number of nitrogens with zero attached hydrogens (tertiary/aromatic N) is 2. The Labute approximate surface area is 167 Å². The van der Waals surface area contributed by atoms with Crippen LogP contribution in [0.3, 0.4) is 0 Å². The van der Waals surface area contributed by atoms with E-state index in [0.29, 0.717) is 6.42 Å². The summed E-state index contributed by atoms with van der Waals surface area (Å²) >= 11 is 1.76. The molecule has 1 fully saturated rings. The fourth-order valence-electron chi connectivity index (χ4n) is 4.29. The van der Waals surface area contributed by atoms with Gasteiger partial charge in [0.25, 0.3) is 0 Å². The monoisotopic (exact) mass is 388 g/mol. The Hall–Kier alpha value is -2.76. The summed E-state index contributed by atoms with van der Waals surface area (Å²) in [6, 6.07) is 18.5. The summed E-state index contributed by atoms with van der Waals surface area (Å²) in [7, 11) is 0. The number of carbonyl (C=O) groups is 1. The zero-order valence-corrected chi connectivity index (χ0v) is 16.1. The fourth-order valence-corrected chi connectivity index (χ4v) is 5.51. The molecule has 0 radical (unpaired) electrons. The standard InChI is InChI=1S/C23H20N2O2S/c26-23(27)19-5-3-11-25(19)22(21-13-16-4-1-2-6-20(16)28-21)17-7-8-18-14-24-10-9-15(18)12-17/h1-2,4,6-10,12-14,19,22H,3,5,11H2,(H,26,27). The molecule has 28 heavy (non-hydrogen) atoms. The number of hydrogen-bond donors (Lipinski definition) is 1. The van der Waals surface area contributed by atoms with Gasteiger partial charge in [0.05, 0.1) is 6.04 Å². The number of thiophene rings is 1. The number of hydrogen-bond acceptors (Lipinski definition) is 4. The summed E-state index contributed by atoms with van der Waals surface area (Å²) < 4.78 is 1.23. The minimum Gasteiger partial charge on any atom is -0.480 e. The number of fused-ring (bicyclic) bond motifs is 2. The van der Waals surface area contributed by atoms with Crippen LogP contribution < -0.4 is 0 Å². The summed E-state index contributed by atoms with van der Waals surface area (Å²) in [6.45, 7) is 0.796. The third kappa shape index (κ3) is 2.97. The van der Waals surface area contributed by atoms with E-state index in [1.807, 2.05) is 18.3 Å². The van der Waals surface area contributed by atoms with Gasteiger partial charge in [-0.25, -0.2) is 0 Å². The lowest BCUT2D eigenvalue weighted by atomic mass is 9.99. The summed E-state index contributed by atoms with van der Waals surface area (Å²) in [6.07, 6.45) is 5.28. The second-order valence-electron chi connectivity index (χ2n) is 7.31. The Bertz CT molecular complexity index is 1140. The van der Waals surface area contributed by atoms with E-state index in [4.69, 9.17) is 0 Å². The zero-order valence-electron chi connectivity index (χ0n) is 15.3. The number of aliphatic carboxylic acids is 1. The number of likely N-dealkylation sites (tertiary alicyclic amines) is 1. The first-order valence-corrected chi connectivity index (χ1v) is 10.3. The number of aromatic nitrogens is 1. The van der Waals surface area contributed by atoms with Crippen LogP contribution in [0, 0.1) is 0 Å². The molecule has 140 valence electrons. The Morgan fingerprint density at radius 2 is 2.00 bits per heavy atom. The van der Waals surface area contributed by atoms with Gasteiger partial charge in [0, 0.05) is 33.9 Å². The van der Waals surface area contributed by atoms with Gasteiger partial charge < -0.3 is 5.11 Å². The van der Waals surface area contributed by atoms with Crippen molar-refractivity contribution in [3.8, 4) is 0 Å². The lowest BCUT2D eigenvalue weighted by molar-refractivity contribution is -0.142. The Kier molecular flexibility index (Phi) is 4.34. The molecule has 1 aliphatic rings.